The van der Waals surface area contributed by atoms with Gasteiger partial charge >= 0.3 is 5.69 Å². The van der Waals surface area contributed by atoms with Crippen LogP contribution in [0.25, 0.3) is 0 Å². The minimum absolute atomic E-state index is 0.0444. The number of nitro benzene ring substituents is 1. The van der Waals surface area contributed by atoms with Gasteiger partial charge in [-0.05, 0) is 30.5 Å². The van der Waals surface area contributed by atoms with E-state index in [1.807, 2.05) is 0 Å². The first-order chi connectivity index (χ1) is 9.04. The molecule has 1 aliphatic carbocycles. The molecule has 0 amide bonds. The second kappa shape index (κ2) is 5.54. The second-order valence-electron chi connectivity index (χ2n) is 4.94. The summed E-state index contributed by atoms with van der Waals surface area (Å²) in [6, 6.07) is 4.23. The molecule has 0 bridgehead atoms. The summed E-state index contributed by atoms with van der Waals surface area (Å²) in [6.45, 7) is -0.165. The van der Waals surface area contributed by atoms with Crippen molar-refractivity contribution < 1.29 is 19.9 Å². The molecule has 1 aromatic carbocycles. The highest BCUT2D eigenvalue weighted by Crippen LogP contribution is 2.33. The predicted octanol–water partition coefficient (Wildman–Crippen LogP) is 1.77. The van der Waals surface area contributed by atoms with E-state index in [1.165, 1.54) is 18.2 Å². The summed E-state index contributed by atoms with van der Waals surface area (Å²) < 4.78 is 5.43. The highest BCUT2D eigenvalue weighted by Gasteiger charge is 2.32. The lowest BCUT2D eigenvalue weighted by Crippen LogP contribution is -2.32. The minimum Gasteiger partial charge on any atom is -0.484 e. The normalized spacial score (nSPS) is 17.4. The number of nitro groups is 1. The van der Waals surface area contributed by atoms with E-state index < -0.39 is 10.5 Å². The Morgan fingerprint density at radius 1 is 1.37 bits per heavy atom. The third-order valence-electron chi connectivity index (χ3n) is 3.43. The number of aliphatic hydroxyl groups excluding tert-OH is 1. The number of hydrogen-bond donors (Lipinski definition) is 2. The molecule has 0 aliphatic heterocycles. The molecule has 104 valence electrons. The summed E-state index contributed by atoms with van der Waals surface area (Å²) in [5, 5.41) is 30.1. The molecule has 1 fully saturated rings. The summed E-state index contributed by atoms with van der Waals surface area (Å²) >= 11 is 0. The number of nitrogens with zero attached hydrogens (tertiary/aromatic N) is 1. The van der Waals surface area contributed by atoms with Gasteiger partial charge in [-0.2, -0.15) is 0 Å². The Labute approximate surface area is 110 Å². The standard InChI is InChI=1S/C13H17NO5/c15-8-10-3-4-11(14(17)18)12(7-10)19-9-13(16)5-1-2-6-13/h3-4,7,15-16H,1-2,5-6,8-9H2. The lowest BCUT2D eigenvalue weighted by atomic mass is 10.0. The highest BCUT2D eigenvalue weighted by molar-refractivity contribution is 5.48. The fourth-order valence-electron chi connectivity index (χ4n) is 2.31. The van der Waals surface area contributed by atoms with E-state index in [0.29, 0.717) is 18.4 Å². The van der Waals surface area contributed by atoms with E-state index in [4.69, 9.17) is 9.84 Å². The fraction of sp³-hybridized carbons (Fsp3) is 0.538. The Hall–Kier alpha value is -1.66. The number of ether oxygens (including phenoxy) is 1. The van der Waals surface area contributed by atoms with Crippen molar-refractivity contribution in [2.24, 2.45) is 0 Å². The van der Waals surface area contributed by atoms with Crippen LogP contribution in [0.5, 0.6) is 5.75 Å². The molecule has 2 N–H and O–H groups in total. The molecule has 1 aliphatic rings. The molecule has 0 aromatic heterocycles. The van der Waals surface area contributed by atoms with E-state index >= 15 is 0 Å². The molecule has 0 saturated heterocycles. The first kappa shape index (κ1) is 13.8. The Morgan fingerprint density at radius 2 is 2.05 bits per heavy atom. The SMILES string of the molecule is O=[N+]([O-])c1ccc(CO)cc1OCC1(O)CCCC1. The van der Waals surface area contributed by atoms with Crippen LogP contribution in [0.4, 0.5) is 5.69 Å². The lowest BCUT2D eigenvalue weighted by molar-refractivity contribution is -0.386. The maximum Gasteiger partial charge on any atom is 0.310 e. The lowest BCUT2D eigenvalue weighted by Gasteiger charge is -2.22. The molecule has 0 atom stereocenters. The summed E-state index contributed by atoms with van der Waals surface area (Å²) in [4.78, 5) is 10.4. The van der Waals surface area contributed by atoms with Crippen LogP contribution in [0.15, 0.2) is 18.2 Å². The molecule has 19 heavy (non-hydrogen) atoms. The zero-order chi connectivity index (χ0) is 13.9. The summed E-state index contributed by atoms with van der Waals surface area (Å²) in [5.74, 6) is 0.0943. The topological polar surface area (TPSA) is 92.8 Å². The van der Waals surface area contributed by atoms with Gasteiger partial charge in [0.2, 0.25) is 0 Å². The van der Waals surface area contributed by atoms with E-state index in [1.54, 1.807) is 0 Å². The third-order valence-corrected chi connectivity index (χ3v) is 3.43. The quantitative estimate of drug-likeness (QED) is 0.626. The molecule has 6 heteroatoms. The zero-order valence-corrected chi connectivity index (χ0v) is 10.5. The van der Waals surface area contributed by atoms with Crippen molar-refractivity contribution in [2.75, 3.05) is 6.61 Å². The van der Waals surface area contributed by atoms with E-state index in [-0.39, 0.29) is 24.7 Å². The van der Waals surface area contributed by atoms with Crippen LogP contribution in [-0.2, 0) is 6.61 Å². The summed E-state index contributed by atoms with van der Waals surface area (Å²) in [7, 11) is 0. The van der Waals surface area contributed by atoms with Gasteiger partial charge in [0.1, 0.15) is 6.61 Å². The molecule has 0 radical (unpaired) electrons. The Balaban J connectivity index is 2.15. The van der Waals surface area contributed by atoms with Crippen LogP contribution < -0.4 is 4.74 Å². The molecule has 0 spiro atoms. The molecule has 1 saturated carbocycles. The summed E-state index contributed by atoms with van der Waals surface area (Å²) in [5.41, 5.74) is -0.499. The van der Waals surface area contributed by atoms with Gasteiger partial charge in [0.05, 0.1) is 17.1 Å². The predicted molar refractivity (Wildman–Crippen MR) is 67.9 cm³/mol. The number of hydrogen-bond acceptors (Lipinski definition) is 5. The molecule has 0 unspecified atom stereocenters. The van der Waals surface area contributed by atoms with Crippen LogP contribution in [0.1, 0.15) is 31.2 Å². The van der Waals surface area contributed by atoms with Crippen molar-refractivity contribution in [3.05, 3.63) is 33.9 Å². The van der Waals surface area contributed by atoms with Crippen molar-refractivity contribution in [2.45, 2.75) is 37.9 Å². The van der Waals surface area contributed by atoms with Crippen molar-refractivity contribution >= 4 is 5.69 Å². The molecular formula is C13H17NO5. The van der Waals surface area contributed by atoms with Crippen molar-refractivity contribution in [3.8, 4) is 5.75 Å². The van der Waals surface area contributed by atoms with Gasteiger partial charge in [-0.3, -0.25) is 10.1 Å². The average Bonchev–Trinajstić information content (AvgIpc) is 2.83. The third kappa shape index (κ3) is 3.21. The Morgan fingerprint density at radius 3 is 2.63 bits per heavy atom. The van der Waals surface area contributed by atoms with Crippen molar-refractivity contribution in [1.29, 1.82) is 0 Å². The minimum atomic E-state index is -0.886. The maximum atomic E-state index is 10.9. The zero-order valence-electron chi connectivity index (χ0n) is 10.5. The van der Waals surface area contributed by atoms with Gasteiger partial charge in [-0.1, -0.05) is 12.8 Å². The van der Waals surface area contributed by atoms with E-state index in [2.05, 4.69) is 0 Å². The van der Waals surface area contributed by atoms with Crippen LogP contribution in [0.3, 0.4) is 0 Å². The van der Waals surface area contributed by atoms with Crippen molar-refractivity contribution in [3.63, 3.8) is 0 Å². The van der Waals surface area contributed by atoms with E-state index in [0.717, 1.165) is 12.8 Å². The summed E-state index contributed by atoms with van der Waals surface area (Å²) in [6.07, 6.45) is 3.19. The van der Waals surface area contributed by atoms with Gasteiger partial charge in [0, 0.05) is 6.07 Å². The Kier molecular flexibility index (Phi) is 4.01. The van der Waals surface area contributed by atoms with Gasteiger partial charge < -0.3 is 14.9 Å². The number of rotatable bonds is 5. The monoisotopic (exact) mass is 267 g/mol. The number of benzene rings is 1. The van der Waals surface area contributed by atoms with Crippen LogP contribution in [0.2, 0.25) is 0 Å². The molecule has 0 heterocycles. The van der Waals surface area contributed by atoms with Gasteiger partial charge in [-0.25, -0.2) is 0 Å². The Bertz CT molecular complexity index is 468. The second-order valence-corrected chi connectivity index (χ2v) is 4.94. The van der Waals surface area contributed by atoms with Crippen LogP contribution >= 0.6 is 0 Å². The first-order valence-electron chi connectivity index (χ1n) is 6.27. The average molecular weight is 267 g/mol. The maximum absolute atomic E-state index is 10.9. The molecule has 1 aromatic rings. The van der Waals surface area contributed by atoms with Crippen LogP contribution in [0, 0.1) is 10.1 Å². The van der Waals surface area contributed by atoms with Crippen molar-refractivity contribution in [1.82, 2.24) is 0 Å². The molecular weight excluding hydrogens is 250 g/mol. The largest absolute Gasteiger partial charge is 0.484 e. The van der Waals surface area contributed by atoms with Gasteiger partial charge in [0.15, 0.2) is 5.75 Å². The molecule has 6 nitrogen and oxygen atoms in total. The van der Waals surface area contributed by atoms with E-state index in [9.17, 15) is 15.2 Å². The van der Waals surface area contributed by atoms with Gasteiger partial charge in [0.25, 0.3) is 0 Å². The van der Waals surface area contributed by atoms with Gasteiger partial charge in [-0.15, -0.1) is 0 Å². The fourth-order valence-corrected chi connectivity index (χ4v) is 2.31. The molecule has 2 rings (SSSR count). The first-order valence-corrected chi connectivity index (χ1v) is 6.27. The highest BCUT2D eigenvalue weighted by atomic mass is 16.6. The smallest absolute Gasteiger partial charge is 0.310 e. The number of aliphatic hydroxyl groups is 2. The van der Waals surface area contributed by atoms with Crippen LogP contribution in [-0.4, -0.2) is 27.3 Å².